The molecule has 0 radical (unpaired) electrons. The molecule has 166 valence electrons. The molecule has 1 atom stereocenters. The van der Waals surface area contributed by atoms with Crippen LogP contribution in [0.15, 0.2) is 84.9 Å². The minimum absolute atomic E-state index is 0.175. The second-order valence-corrected chi connectivity index (χ2v) is 7.05. The number of ether oxygens (including phenoxy) is 1. The highest BCUT2D eigenvalue weighted by Crippen LogP contribution is 2.26. The number of ketones is 1. The van der Waals surface area contributed by atoms with E-state index in [1.54, 1.807) is 60.7 Å². The lowest BCUT2D eigenvalue weighted by atomic mass is 10.0. The van der Waals surface area contributed by atoms with Gasteiger partial charge in [-0.2, -0.15) is 4.79 Å². The zero-order valence-corrected chi connectivity index (χ0v) is 17.3. The topological polar surface area (TPSA) is 143 Å². The summed E-state index contributed by atoms with van der Waals surface area (Å²) in [5.74, 6) is -2.11. The molecule has 9 nitrogen and oxygen atoms in total. The number of non-ortho nitro benzene ring substituents is 1. The number of Topliss-reactive ketones (excluding diaryl/α,β-unsaturated/α-hetero) is 1. The number of carbonyl (C=O) groups excluding carboxylic acids is 2. The van der Waals surface area contributed by atoms with Crippen LogP contribution in [0.25, 0.3) is 5.53 Å². The number of hydrogen-bond acceptors (Lipinski definition) is 6. The fraction of sp³-hybridized carbons (Fsp3) is 0.125. The van der Waals surface area contributed by atoms with Crippen molar-refractivity contribution < 1.29 is 29.1 Å². The average Bonchev–Trinajstić information content (AvgIpc) is 2.84. The van der Waals surface area contributed by atoms with E-state index in [1.807, 2.05) is 0 Å². The number of benzene rings is 3. The van der Waals surface area contributed by atoms with Crippen molar-refractivity contribution in [3.63, 3.8) is 0 Å². The third kappa shape index (κ3) is 5.82. The SMILES string of the molecule is [N-]=[N+]=C(C(=O)C[C@H](O)c1ccc([N+](=O)[O-])cc1)C(=O)OC(c1ccccc1)c1ccccc1. The number of esters is 1. The molecule has 0 saturated carbocycles. The van der Waals surface area contributed by atoms with Gasteiger partial charge in [0.2, 0.25) is 0 Å². The first-order chi connectivity index (χ1) is 15.9. The Morgan fingerprint density at radius 2 is 1.42 bits per heavy atom. The molecule has 3 aromatic rings. The van der Waals surface area contributed by atoms with Crippen molar-refractivity contribution in [1.29, 1.82) is 0 Å². The van der Waals surface area contributed by atoms with Crippen LogP contribution in [0.3, 0.4) is 0 Å². The van der Waals surface area contributed by atoms with Gasteiger partial charge in [-0.15, -0.1) is 0 Å². The molecule has 0 aliphatic carbocycles. The first kappa shape index (κ1) is 23.2. The molecular weight excluding hydrogens is 426 g/mol. The third-order valence-corrected chi connectivity index (χ3v) is 4.85. The van der Waals surface area contributed by atoms with Gasteiger partial charge in [0, 0.05) is 18.6 Å². The second kappa shape index (κ2) is 10.7. The molecular formula is C24H19N3O6. The van der Waals surface area contributed by atoms with E-state index in [1.165, 1.54) is 24.3 Å². The minimum atomic E-state index is -1.37. The lowest BCUT2D eigenvalue weighted by molar-refractivity contribution is -0.384. The normalized spacial score (nSPS) is 11.3. The van der Waals surface area contributed by atoms with E-state index in [0.29, 0.717) is 11.1 Å². The van der Waals surface area contributed by atoms with Gasteiger partial charge in [0.25, 0.3) is 11.5 Å². The number of nitrogens with zero attached hydrogens (tertiary/aromatic N) is 3. The van der Waals surface area contributed by atoms with E-state index < -0.39 is 41.0 Å². The largest absolute Gasteiger partial charge is 0.444 e. The molecule has 0 amide bonds. The van der Waals surface area contributed by atoms with Gasteiger partial charge in [0.15, 0.2) is 6.10 Å². The Hall–Kier alpha value is -4.46. The monoisotopic (exact) mass is 445 g/mol. The average molecular weight is 445 g/mol. The van der Waals surface area contributed by atoms with Gasteiger partial charge >= 0.3 is 11.7 Å². The van der Waals surface area contributed by atoms with Crippen LogP contribution in [0.5, 0.6) is 0 Å². The Morgan fingerprint density at radius 3 is 1.88 bits per heavy atom. The van der Waals surface area contributed by atoms with E-state index in [9.17, 15) is 30.3 Å². The summed E-state index contributed by atoms with van der Waals surface area (Å²) in [5.41, 5.74) is 9.79. The van der Waals surface area contributed by atoms with Gasteiger partial charge in [-0.05, 0) is 28.8 Å². The van der Waals surface area contributed by atoms with Crippen LogP contribution in [0.1, 0.15) is 35.3 Å². The number of carbonyl (C=O) groups is 2. The van der Waals surface area contributed by atoms with E-state index in [-0.39, 0.29) is 11.3 Å². The zero-order valence-electron chi connectivity index (χ0n) is 17.3. The molecule has 0 heterocycles. The van der Waals surface area contributed by atoms with E-state index in [0.717, 1.165) is 0 Å². The fourth-order valence-electron chi connectivity index (χ4n) is 3.17. The van der Waals surface area contributed by atoms with E-state index in [4.69, 9.17) is 4.74 Å². The van der Waals surface area contributed by atoms with Gasteiger partial charge < -0.3 is 15.4 Å². The quantitative estimate of drug-likeness (QED) is 0.101. The standard InChI is InChI=1S/C24H19N3O6/c25-26-22(21(29)15-20(28)16-11-13-19(14-12-16)27(31)32)24(30)33-23(17-7-3-1-4-8-17)18-9-5-2-6-10-18/h1-14,20,23,28H,15H2/t20-/m0/s1. The van der Waals surface area contributed by atoms with Crippen molar-refractivity contribution in [3.8, 4) is 0 Å². The molecule has 9 heteroatoms. The third-order valence-electron chi connectivity index (χ3n) is 4.85. The highest BCUT2D eigenvalue weighted by atomic mass is 16.6. The number of hydrogen-bond donors (Lipinski definition) is 1. The Bertz CT molecular complexity index is 1150. The molecule has 0 unspecified atom stereocenters. The van der Waals surface area contributed by atoms with Crippen LogP contribution < -0.4 is 0 Å². The highest BCUT2D eigenvalue weighted by molar-refractivity contribution is 6.62. The molecule has 0 fully saturated rings. The van der Waals surface area contributed by atoms with Gasteiger partial charge in [-0.3, -0.25) is 14.9 Å². The molecule has 0 spiro atoms. The predicted molar refractivity (Wildman–Crippen MR) is 117 cm³/mol. The Kier molecular flexibility index (Phi) is 7.54. The smallest absolute Gasteiger partial charge is 0.441 e. The number of aliphatic hydroxyl groups is 1. The molecule has 0 aromatic heterocycles. The highest BCUT2D eigenvalue weighted by Gasteiger charge is 2.35. The van der Waals surface area contributed by atoms with Crippen LogP contribution in [0.2, 0.25) is 0 Å². The summed E-state index contributed by atoms with van der Waals surface area (Å²) in [7, 11) is 0. The summed E-state index contributed by atoms with van der Waals surface area (Å²) < 4.78 is 5.52. The van der Waals surface area contributed by atoms with Gasteiger partial charge in [-0.25, -0.2) is 4.79 Å². The van der Waals surface area contributed by atoms with E-state index in [2.05, 4.69) is 4.79 Å². The summed E-state index contributed by atoms with van der Waals surface area (Å²) in [6.45, 7) is 0. The first-order valence-corrected chi connectivity index (χ1v) is 9.89. The molecule has 3 rings (SSSR count). The molecule has 33 heavy (non-hydrogen) atoms. The van der Waals surface area contributed by atoms with Crippen LogP contribution in [0, 0.1) is 10.1 Å². The summed E-state index contributed by atoms with van der Waals surface area (Å²) in [5, 5.41) is 21.1. The van der Waals surface area contributed by atoms with Crippen molar-refractivity contribution >= 4 is 23.2 Å². The number of aliphatic hydroxyl groups excluding tert-OH is 1. The maximum atomic E-state index is 12.7. The van der Waals surface area contributed by atoms with Crippen molar-refractivity contribution in [2.24, 2.45) is 0 Å². The summed E-state index contributed by atoms with van der Waals surface area (Å²) >= 11 is 0. The maximum absolute atomic E-state index is 12.7. The molecule has 0 aliphatic rings. The predicted octanol–water partition coefficient (Wildman–Crippen LogP) is 3.59. The first-order valence-electron chi connectivity index (χ1n) is 9.89. The minimum Gasteiger partial charge on any atom is -0.444 e. The Morgan fingerprint density at radius 1 is 0.909 bits per heavy atom. The molecule has 0 saturated heterocycles. The second-order valence-electron chi connectivity index (χ2n) is 7.05. The van der Waals surface area contributed by atoms with Gasteiger partial charge in [0.05, 0.1) is 11.0 Å². The lowest BCUT2D eigenvalue weighted by Gasteiger charge is -2.17. The van der Waals surface area contributed by atoms with Crippen molar-refractivity contribution in [2.45, 2.75) is 18.6 Å². The van der Waals surface area contributed by atoms with Crippen LogP contribution in [-0.4, -0.2) is 32.3 Å². The number of rotatable bonds is 9. The maximum Gasteiger partial charge on any atom is 0.441 e. The Labute approximate surface area is 188 Å². The summed E-state index contributed by atoms with van der Waals surface area (Å²) in [4.78, 5) is 38.3. The number of nitro groups is 1. The van der Waals surface area contributed by atoms with E-state index >= 15 is 0 Å². The van der Waals surface area contributed by atoms with Gasteiger partial charge in [0.1, 0.15) is 0 Å². The van der Waals surface area contributed by atoms with Crippen molar-refractivity contribution in [2.75, 3.05) is 0 Å². The molecule has 0 aliphatic heterocycles. The van der Waals surface area contributed by atoms with Crippen LogP contribution >= 0.6 is 0 Å². The Balaban J connectivity index is 1.76. The van der Waals surface area contributed by atoms with Crippen molar-refractivity contribution in [1.82, 2.24) is 0 Å². The van der Waals surface area contributed by atoms with Crippen molar-refractivity contribution in [3.05, 3.63) is 117 Å². The van der Waals surface area contributed by atoms with Gasteiger partial charge in [-0.1, -0.05) is 60.7 Å². The molecule has 1 N–H and O–H groups in total. The van der Waals surface area contributed by atoms with Crippen LogP contribution in [-0.2, 0) is 14.3 Å². The number of nitro benzene ring substituents is 1. The zero-order chi connectivity index (χ0) is 23.8. The fourth-order valence-corrected chi connectivity index (χ4v) is 3.17. The summed E-state index contributed by atoms with van der Waals surface area (Å²) in [6.07, 6.45) is -2.82. The molecule has 0 bridgehead atoms. The lowest BCUT2D eigenvalue weighted by Crippen LogP contribution is -2.30. The molecule has 3 aromatic carbocycles. The van der Waals surface area contributed by atoms with Crippen LogP contribution in [0.4, 0.5) is 5.69 Å². The summed E-state index contributed by atoms with van der Waals surface area (Å²) in [6, 6.07) is 22.6.